The van der Waals surface area contributed by atoms with Crippen molar-refractivity contribution < 1.29 is 9.18 Å². The van der Waals surface area contributed by atoms with Gasteiger partial charge in [-0.15, -0.1) is 0 Å². The number of nitrogens with zero attached hydrogens (tertiary/aromatic N) is 4. The van der Waals surface area contributed by atoms with Gasteiger partial charge in [-0.25, -0.2) is 9.37 Å². The molecule has 1 aromatic carbocycles. The van der Waals surface area contributed by atoms with Gasteiger partial charge in [0.2, 0.25) is 5.91 Å². The maximum absolute atomic E-state index is 13.2. The zero-order valence-corrected chi connectivity index (χ0v) is 15.6. The SMILES string of the molecule is CC(C(=O)Nc1ccc(F)c(Cl)c1)N1CCN(c2cc(C#N)ccn2)CC1. The molecule has 140 valence electrons. The zero-order valence-electron chi connectivity index (χ0n) is 14.8. The highest BCUT2D eigenvalue weighted by atomic mass is 35.5. The second kappa shape index (κ2) is 8.33. The van der Waals surface area contributed by atoms with Gasteiger partial charge in [0.05, 0.1) is 22.7 Å². The zero-order chi connectivity index (χ0) is 19.4. The minimum Gasteiger partial charge on any atom is -0.354 e. The Hall–Kier alpha value is -2.69. The fraction of sp³-hybridized carbons (Fsp3) is 0.316. The van der Waals surface area contributed by atoms with Gasteiger partial charge in [-0.05, 0) is 37.3 Å². The number of nitriles is 1. The molecule has 1 amide bonds. The number of piperazine rings is 1. The molecule has 1 aliphatic heterocycles. The first-order valence-corrected chi connectivity index (χ1v) is 8.97. The van der Waals surface area contributed by atoms with E-state index in [2.05, 4.69) is 26.2 Å². The average molecular weight is 388 g/mol. The number of benzene rings is 1. The highest BCUT2D eigenvalue weighted by Gasteiger charge is 2.26. The van der Waals surface area contributed by atoms with Crippen molar-refractivity contribution in [2.75, 3.05) is 36.4 Å². The van der Waals surface area contributed by atoms with Gasteiger partial charge in [0.1, 0.15) is 11.6 Å². The van der Waals surface area contributed by atoms with Gasteiger partial charge in [-0.2, -0.15) is 5.26 Å². The number of carbonyl (C=O) groups excluding carboxylic acids is 1. The molecule has 1 aliphatic rings. The fourth-order valence-corrected chi connectivity index (χ4v) is 3.17. The number of anilines is 2. The van der Waals surface area contributed by atoms with Gasteiger partial charge in [-0.1, -0.05) is 11.6 Å². The lowest BCUT2D eigenvalue weighted by atomic mass is 10.2. The van der Waals surface area contributed by atoms with Crippen LogP contribution < -0.4 is 10.2 Å². The number of pyridine rings is 1. The summed E-state index contributed by atoms with van der Waals surface area (Å²) in [5.41, 5.74) is 1.04. The molecule has 1 saturated heterocycles. The van der Waals surface area contributed by atoms with Crippen LogP contribution in [0.4, 0.5) is 15.9 Å². The Labute approximate surface area is 162 Å². The van der Waals surface area contributed by atoms with Crippen LogP contribution in [0.3, 0.4) is 0 Å². The summed E-state index contributed by atoms with van der Waals surface area (Å²) in [5, 5.41) is 11.8. The van der Waals surface area contributed by atoms with E-state index in [0.717, 1.165) is 5.82 Å². The van der Waals surface area contributed by atoms with Gasteiger partial charge < -0.3 is 10.2 Å². The molecule has 1 N–H and O–H groups in total. The molecule has 8 heteroatoms. The van der Waals surface area contributed by atoms with E-state index in [-0.39, 0.29) is 17.0 Å². The van der Waals surface area contributed by atoms with E-state index in [1.165, 1.54) is 18.2 Å². The molecule has 0 spiro atoms. The molecule has 1 atom stereocenters. The van der Waals surface area contributed by atoms with Crippen LogP contribution in [-0.2, 0) is 4.79 Å². The van der Waals surface area contributed by atoms with Gasteiger partial charge in [0.15, 0.2) is 0 Å². The number of aromatic nitrogens is 1. The predicted molar refractivity (Wildman–Crippen MR) is 102 cm³/mol. The Morgan fingerprint density at radius 3 is 2.70 bits per heavy atom. The Morgan fingerprint density at radius 2 is 2.04 bits per heavy atom. The van der Waals surface area contributed by atoms with E-state index in [4.69, 9.17) is 16.9 Å². The van der Waals surface area contributed by atoms with Crippen LogP contribution >= 0.6 is 11.6 Å². The molecule has 1 unspecified atom stereocenters. The lowest BCUT2D eigenvalue weighted by Crippen LogP contribution is -2.53. The number of nitrogens with one attached hydrogen (secondary N) is 1. The molecule has 0 bridgehead atoms. The van der Waals surface area contributed by atoms with E-state index in [1.807, 2.05) is 6.92 Å². The predicted octanol–water partition coefficient (Wildman–Crippen LogP) is 2.89. The number of hydrogen-bond acceptors (Lipinski definition) is 5. The first-order chi connectivity index (χ1) is 13.0. The van der Waals surface area contributed by atoms with Crippen molar-refractivity contribution >= 4 is 29.0 Å². The lowest BCUT2D eigenvalue weighted by Gasteiger charge is -2.38. The molecule has 27 heavy (non-hydrogen) atoms. The van der Waals surface area contributed by atoms with E-state index in [0.29, 0.717) is 37.4 Å². The first kappa shape index (κ1) is 19.1. The third-order valence-corrected chi connectivity index (χ3v) is 4.92. The summed E-state index contributed by atoms with van der Waals surface area (Å²) in [7, 11) is 0. The summed E-state index contributed by atoms with van der Waals surface area (Å²) in [6.45, 7) is 4.64. The molecule has 1 fully saturated rings. The summed E-state index contributed by atoms with van der Waals surface area (Å²) in [4.78, 5) is 21.0. The molecule has 2 heterocycles. The number of rotatable bonds is 4. The molecule has 0 radical (unpaired) electrons. The fourth-order valence-electron chi connectivity index (χ4n) is 2.99. The van der Waals surface area contributed by atoms with Gasteiger partial charge in [0.25, 0.3) is 0 Å². The van der Waals surface area contributed by atoms with Crippen molar-refractivity contribution in [2.45, 2.75) is 13.0 Å². The van der Waals surface area contributed by atoms with E-state index in [1.54, 1.807) is 18.3 Å². The Kier molecular flexibility index (Phi) is 5.89. The van der Waals surface area contributed by atoms with Crippen LogP contribution in [0.5, 0.6) is 0 Å². The van der Waals surface area contributed by atoms with Gasteiger partial charge in [0, 0.05) is 38.1 Å². The largest absolute Gasteiger partial charge is 0.354 e. The number of hydrogen-bond donors (Lipinski definition) is 1. The van der Waals surface area contributed by atoms with Crippen molar-refractivity contribution in [3.63, 3.8) is 0 Å². The standard InChI is InChI=1S/C19H19ClFN5O/c1-13(19(27)24-15-2-3-17(21)16(20)11-15)25-6-8-26(9-7-25)18-10-14(12-22)4-5-23-18/h2-5,10-11,13H,6-9H2,1H3,(H,24,27). The van der Waals surface area contributed by atoms with Crippen molar-refractivity contribution in [1.82, 2.24) is 9.88 Å². The quantitative estimate of drug-likeness (QED) is 0.873. The molecule has 0 saturated carbocycles. The van der Waals surface area contributed by atoms with Crippen LogP contribution in [0, 0.1) is 17.1 Å². The molecular weight excluding hydrogens is 369 g/mol. The minimum atomic E-state index is -0.520. The monoisotopic (exact) mass is 387 g/mol. The summed E-state index contributed by atoms with van der Waals surface area (Å²) < 4.78 is 13.2. The highest BCUT2D eigenvalue weighted by molar-refractivity contribution is 6.31. The molecular formula is C19H19ClFN5O. The molecule has 2 aromatic rings. The second-order valence-corrected chi connectivity index (χ2v) is 6.74. The highest BCUT2D eigenvalue weighted by Crippen LogP contribution is 2.20. The number of amides is 1. The van der Waals surface area contributed by atoms with E-state index >= 15 is 0 Å². The smallest absolute Gasteiger partial charge is 0.241 e. The molecule has 1 aromatic heterocycles. The van der Waals surface area contributed by atoms with Crippen molar-refractivity contribution in [2.24, 2.45) is 0 Å². The Balaban J connectivity index is 1.57. The summed E-state index contributed by atoms with van der Waals surface area (Å²) >= 11 is 5.75. The Bertz CT molecular complexity index is 877. The topological polar surface area (TPSA) is 72.3 Å². The van der Waals surface area contributed by atoms with E-state index < -0.39 is 5.82 Å². The second-order valence-electron chi connectivity index (χ2n) is 6.33. The minimum absolute atomic E-state index is 0.0267. The van der Waals surface area contributed by atoms with Crippen LogP contribution in [-0.4, -0.2) is 48.0 Å². The van der Waals surface area contributed by atoms with Crippen molar-refractivity contribution in [3.05, 3.63) is 52.9 Å². The van der Waals surface area contributed by atoms with E-state index in [9.17, 15) is 9.18 Å². The molecule has 6 nitrogen and oxygen atoms in total. The maximum atomic E-state index is 13.2. The molecule has 0 aliphatic carbocycles. The maximum Gasteiger partial charge on any atom is 0.241 e. The van der Waals surface area contributed by atoms with Crippen molar-refractivity contribution in [1.29, 1.82) is 5.26 Å². The third-order valence-electron chi connectivity index (χ3n) is 4.63. The number of halogens is 2. The first-order valence-electron chi connectivity index (χ1n) is 8.59. The number of carbonyl (C=O) groups is 1. The lowest BCUT2D eigenvalue weighted by molar-refractivity contribution is -0.120. The summed E-state index contributed by atoms with van der Waals surface area (Å²) in [6.07, 6.45) is 1.63. The van der Waals surface area contributed by atoms with Gasteiger partial charge >= 0.3 is 0 Å². The summed E-state index contributed by atoms with van der Waals surface area (Å²) in [5.74, 6) is 0.0791. The molecule has 3 rings (SSSR count). The normalized spacial score (nSPS) is 15.9. The van der Waals surface area contributed by atoms with Crippen LogP contribution in [0.2, 0.25) is 5.02 Å². The Morgan fingerprint density at radius 1 is 1.30 bits per heavy atom. The van der Waals surface area contributed by atoms with Crippen LogP contribution in [0.15, 0.2) is 36.5 Å². The average Bonchev–Trinajstić information content (AvgIpc) is 2.70. The van der Waals surface area contributed by atoms with Crippen LogP contribution in [0.1, 0.15) is 12.5 Å². The summed E-state index contributed by atoms with van der Waals surface area (Å²) in [6, 6.07) is 9.33. The van der Waals surface area contributed by atoms with Crippen LogP contribution in [0.25, 0.3) is 0 Å². The van der Waals surface area contributed by atoms with Crippen molar-refractivity contribution in [3.8, 4) is 6.07 Å². The third kappa shape index (κ3) is 4.54. The van der Waals surface area contributed by atoms with Gasteiger partial charge in [-0.3, -0.25) is 9.69 Å².